The van der Waals surface area contributed by atoms with Crippen molar-refractivity contribution < 1.29 is 18.3 Å². The van der Waals surface area contributed by atoms with Crippen LogP contribution in [0.15, 0.2) is 41.4 Å². The van der Waals surface area contributed by atoms with E-state index in [-0.39, 0.29) is 24.0 Å². The molecule has 0 bridgehead atoms. The van der Waals surface area contributed by atoms with Gasteiger partial charge in [-0.3, -0.25) is 4.99 Å². The molecule has 0 atom stereocenters. The van der Waals surface area contributed by atoms with Gasteiger partial charge in [0.1, 0.15) is 11.6 Å². The smallest absolute Gasteiger partial charge is 0.193 e. The third kappa shape index (κ3) is 7.68. The van der Waals surface area contributed by atoms with Gasteiger partial charge >= 0.3 is 0 Å². The maximum atomic E-state index is 13.3. The summed E-state index contributed by atoms with van der Waals surface area (Å²) in [5.74, 6) is 0.994. The molecule has 0 spiro atoms. The van der Waals surface area contributed by atoms with Gasteiger partial charge in [-0.15, -0.1) is 24.0 Å². The summed E-state index contributed by atoms with van der Waals surface area (Å²) in [5, 5.41) is 3.22. The molecule has 29 heavy (non-hydrogen) atoms. The molecule has 0 aliphatic heterocycles. The number of nitrogens with zero attached hydrogens (tertiary/aromatic N) is 2. The zero-order valence-corrected chi connectivity index (χ0v) is 19.5. The van der Waals surface area contributed by atoms with Crippen molar-refractivity contribution >= 4 is 29.9 Å². The second-order valence-corrected chi connectivity index (χ2v) is 6.36. The Morgan fingerprint density at radius 3 is 2.21 bits per heavy atom. The predicted octanol–water partition coefficient (Wildman–Crippen LogP) is 3.89. The Bertz CT molecular complexity index is 798. The number of nitrogens with one attached hydrogen (secondary N) is 1. The van der Waals surface area contributed by atoms with Crippen LogP contribution in [-0.2, 0) is 12.8 Å². The minimum absolute atomic E-state index is 0. The van der Waals surface area contributed by atoms with Crippen molar-refractivity contribution in [2.75, 3.05) is 41.4 Å². The zero-order chi connectivity index (χ0) is 20.5. The van der Waals surface area contributed by atoms with Crippen LogP contribution in [0.1, 0.15) is 11.1 Å². The van der Waals surface area contributed by atoms with Crippen LogP contribution in [0.4, 0.5) is 8.78 Å². The van der Waals surface area contributed by atoms with Crippen molar-refractivity contribution in [2.45, 2.75) is 12.8 Å². The normalized spacial score (nSPS) is 10.9. The van der Waals surface area contributed by atoms with Crippen LogP contribution < -0.4 is 14.8 Å². The lowest BCUT2D eigenvalue weighted by Gasteiger charge is -2.22. The number of hydrogen-bond acceptors (Lipinski definition) is 3. The highest BCUT2D eigenvalue weighted by Crippen LogP contribution is 2.27. The molecule has 8 heteroatoms. The van der Waals surface area contributed by atoms with Gasteiger partial charge < -0.3 is 19.7 Å². The number of halogens is 3. The highest BCUT2D eigenvalue weighted by Gasteiger charge is 2.09. The number of likely N-dealkylation sites (N-methyl/N-ethyl adjacent to an activating group) is 1. The van der Waals surface area contributed by atoms with E-state index < -0.39 is 11.6 Å². The molecule has 0 saturated carbocycles. The number of rotatable bonds is 8. The Labute approximate surface area is 188 Å². The number of aliphatic imine (C=N–C) groups is 1. The molecule has 0 saturated heterocycles. The van der Waals surface area contributed by atoms with E-state index in [1.54, 1.807) is 21.3 Å². The Kier molecular flexibility index (Phi) is 10.7. The van der Waals surface area contributed by atoms with Crippen molar-refractivity contribution in [3.63, 3.8) is 0 Å². The molecule has 0 aliphatic rings. The Morgan fingerprint density at radius 1 is 0.966 bits per heavy atom. The zero-order valence-electron chi connectivity index (χ0n) is 17.2. The van der Waals surface area contributed by atoms with E-state index in [0.717, 1.165) is 30.6 Å². The fourth-order valence-corrected chi connectivity index (χ4v) is 2.90. The van der Waals surface area contributed by atoms with Crippen LogP contribution in [0, 0.1) is 11.6 Å². The third-order valence-electron chi connectivity index (χ3n) is 4.38. The summed E-state index contributed by atoms with van der Waals surface area (Å²) in [4.78, 5) is 6.27. The number of ether oxygens (including phenoxy) is 2. The van der Waals surface area contributed by atoms with E-state index in [1.165, 1.54) is 12.1 Å². The molecule has 1 N–H and O–H groups in total. The average Bonchev–Trinajstić information content (AvgIpc) is 2.68. The van der Waals surface area contributed by atoms with Crippen molar-refractivity contribution in [2.24, 2.45) is 4.99 Å². The summed E-state index contributed by atoms with van der Waals surface area (Å²) in [6.45, 7) is 1.26. The van der Waals surface area contributed by atoms with Crippen LogP contribution >= 0.6 is 24.0 Å². The minimum atomic E-state index is -0.564. The Balaban J connectivity index is 0.00000420. The van der Waals surface area contributed by atoms with E-state index in [4.69, 9.17) is 9.47 Å². The van der Waals surface area contributed by atoms with Crippen molar-refractivity contribution in [3.05, 3.63) is 59.2 Å². The van der Waals surface area contributed by atoms with Crippen LogP contribution in [0.25, 0.3) is 0 Å². The number of methoxy groups -OCH3 is 2. The summed E-state index contributed by atoms with van der Waals surface area (Å²) in [6.07, 6.45) is 1.30. The molecule has 0 fully saturated rings. The largest absolute Gasteiger partial charge is 0.493 e. The molecule has 0 heterocycles. The first-order valence-electron chi connectivity index (χ1n) is 9.04. The molecule has 2 rings (SSSR count). The standard InChI is InChI=1S/C21H27F2N3O2.HI/c1-24-21(25-9-7-16-11-17(22)14-18(23)12-16)26(2)10-8-15-5-6-19(27-3)20(13-15)28-4;/h5-6,11-14H,7-10H2,1-4H3,(H,24,25);1H. The van der Waals surface area contributed by atoms with Gasteiger partial charge in [0.25, 0.3) is 0 Å². The molecule has 0 aliphatic carbocycles. The molecular weight excluding hydrogens is 491 g/mol. The molecule has 0 radical (unpaired) electrons. The number of hydrogen-bond donors (Lipinski definition) is 1. The topological polar surface area (TPSA) is 46.1 Å². The van der Waals surface area contributed by atoms with Gasteiger partial charge in [0.05, 0.1) is 14.2 Å². The fourth-order valence-electron chi connectivity index (χ4n) is 2.90. The van der Waals surface area contributed by atoms with Crippen LogP contribution in [0.3, 0.4) is 0 Å². The van der Waals surface area contributed by atoms with E-state index >= 15 is 0 Å². The summed E-state index contributed by atoms with van der Waals surface area (Å²) < 4.78 is 37.1. The molecule has 5 nitrogen and oxygen atoms in total. The monoisotopic (exact) mass is 519 g/mol. The summed E-state index contributed by atoms with van der Waals surface area (Å²) in [5.41, 5.74) is 1.73. The molecule has 160 valence electrons. The molecule has 2 aromatic carbocycles. The maximum absolute atomic E-state index is 13.3. The Morgan fingerprint density at radius 2 is 1.62 bits per heavy atom. The third-order valence-corrected chi connectivity index (χ3v) is 4.38. The highest BCUT2D eigenvalue weighted by molar-refractivity contribution is 14.0. The lowest BCUT2D eigenvalue weighted by Crippen LogP contribution is -2.40. The second-order valence-electron chi connectivity index (χ2n) is 6.36. The summed E-state index contributed by atoms with van der Waals surface area (Å²) >= 11 is 0. The fraction of sp³-hybridized carbons (Fsp3) is 0.381. The van der Waals surface area contributed by atoms with E-state index in [2.05, 4.69) is 10.3 Å². The summed E-state index contributed by atoms with van der Waals surface area (Å²) in [6, 6.07) is 9.41. The van der Waals surface area contributed by atoms with Gasteiger partial charge in [0.2, 0.25) is 0 Å². The predicted molar refractivity (Wildman–Crippen MR) is 123 cm³/mol. The van der Waals surface area contributed by atoms with Crippen molar-refractivity contribution in [1.29, 1.82) is 0 Å². The van der Waals surface area contributed by atoms with Gasteiger partial charge in [0, 0.05) is 33.3 Å². The molecule has 0 amide bonds. The van der Waals surface area contributed by atoms with Gasteiger partial charge in [-0.2, -0.15) is 0 Å². The van der Waals surface area contributed by atoms with E-state index in [1.807, 2.05) is 30.1 Å². The Hall–Kier alpha value is -2.10. The SMILES string of the molecule is CN=C(NCCc1cc(F)cc(F)c1)N(C)CCc1ccc(OC)c(OC)c1.I. The minimum Gasteiger partial charge on any atom is -0.493 e. The quantitative estimate of drug-likeness (QED) is 0.327. The molecule has 0 aromatic heterocycles. The van der Waals surface area contributed by atoms with Crippen molar-refractivity contribution in [3.8, 4) is 11.5 Å². The molecule has 0 unspecified atom stereocenters. The first kappa shape index (κ1) is 24.9. The van der Waals surface area contributed by atoms with E-state index in [9.17, 15) is 8.78 Å². The van der Waals surface area contributed by atoms with Crippen LogP contribution in [-0.4, -0.2) is 52.3 Å². The number of guanidine groups is 1. The summed E-state index contributed by atoms with van der Waals surface area (Å²) in [7, 11) is 6.87. The lowest BCUT2D eigenvalue weighted by molar-refractivity contribution is 0.354. The second kappa shape index (κ2) is 12.5. The van der Waals surface area contributed by atoms with Gasteiger partial charge in [-0.1, -0.05) is 6.07 Å². The first-order valence-corrected chi connectivity index (χ1v) is 9.04. The molecule has 2 aromatic rings. The first-order chi connectivity index (χ1) is 13.5. The van der Waals surface area contributed by atoms with Crippen LogP contribution in [0.2, 0.25) is 0 Å². The van der Waals surface area contributed by atoms with E-state index in [0.29, 0.717) is 30.0 Å². The highest BCUT2D eigenvalue weighted by atomic mass is 127. The van der Waals surface area contributed by atoms with Crippen molar-refractivity contribution in [1.82, 2.24) is 10.2 Å². The molecular formula is C21H28F2IN3O2. The van der Waals surface area contributed by atoms with Gasteiger partial charge in [-0.25, -0.2) is 8.78 Å². The van der Waals surface area contributed by atoms with Gasteiger partial charge in [0.15, 0.2) is 17.5 Å². The number of benzene rings is 2. The lowest BCUT2D eigenvalue weighted by atomic mass is 10.1. The average molecular weight is 519 g/mol. The van der Waals surface area contributed by atoms with Crippen LogP contribution in [0.5, 0.6) is 11.5 Å². The maximum Gasteiger partial charge on any atom is 0.193 e. The van der Waals surface area contributed by atoms with Gasteiger partial charge in [-0.05, 0) is 48.2 Å².